The number of anilines is 1. The molecule has 5 heteroatoms. The molecular weight excluding hydrogens is 260 g/mol. The minimum Gasteiger partial charge on any atom is -0.326 e. The maximum Gasteiger partial charge on any atom is 0.224 e. The zero-order chi connectivity index (χ0) is 14.3. The highest BCUT2D eigenvalue weighted by Gasteiger charge is 2.07. The molecule has 1 unspecified atom stereocenters. The molecule has 4 nitrogen and oxygen atoms in total. The number of nitrogens with zero attached hydrogens (tertiary/aromatic N) is 1. The summed E-state index contributed by atoms with van der Waals surface area (Å²) in [5.41, 5.74) is 1.24. The van der Waals surface area contributed by atoms with Gasteiger partial charge in [0.15, 0.2) is 0 Å². The Labute approximate surface area is 116 Å². The maximum atomic E-state index is 11.6. The molecule has 0 saturated carbocycles. The summed E-state index contributed by atoms with van der Waals surface area (Å²) in [6, 6.07) is 8.72. The van der Waals surface area contributed by atoms with Crippen LogP contribution in [-0.4, -0.2) is 21.1 Å². The summed E-state index contributed by atoms with van der Waals surface area (Å²) < 4.78 is 11.5. The van der Waals surface area contributed by atoms with Gasteiger partial charge in [-0.1, -0.05) is 13.8 Å². The average molecular weight is 278 g/mol. The van der Waals surface area contributed by atoms with E-state index in [1.165, 1.54) is 0 Å². The SMILES string of the molecule is CC(C)S(=O)CCCC(=O)Nc1ccc(C#N)cc1. The van der Waals surface area contributed by atoms with E-state index in [1.54, 1.807) is 24.3 Å². The van der Waals surface area contributed by atoms with Gasteiger partial charge < -0.3 is 5.32 Å². The van der Waals surface area contributed by atoms with Crippen molar-refractivity contribution in [2.45, 2.75) is 31.9 Å². The lowest BCUT2D eigenvalue weighted by molar-refractivity contribution is -0.116. The zero-order valence-corrected chi connectivity index (χ0v) is 12.0. The van der Waals surface area contributed by atoms with Crippen LogP contribution in [0.1, 0.15) is 32.3 Å². The van der Waals surface area contributed by atoms with E-state index in [0.717, 1.165) is 0 Å². The summed E-state index contributed by atoms with van der Waals surface area (Å²) in [5.74, 6) is 0.462. The van der Waals surface area contributed by atoms with Gasteiger partial charge in [0.05, 0.1) is 11.6 Å². The first-order chi connectivity index (χ1) is 9.02. The van der Waals surface area contributed by atoms with E-state index >= 15 is 0 Å². The van der Waals surface area contributed by atoms with Crippen LogP contribution in [0.5, 0.6) is 0 Å². The fourth-order valence-electron chi connectivity index (χ4n) is 1.46. The molecule has 0 radical (unpaired) electrons. The summed E-state index contributed by atoms with van der Waals surface area (Å²) in [6.07, 6.45) is 0.978. The van der Waals surface area contributed by atoms with Gasteiger partial charge in [0.1, 0.15) is 0 Å². The van der Waals surface area contributed by atoms with Crippen LogP contribution in [-0.2, 0) is 15.6 Å². The van der Waals surface area contributed by atoms with Crippen molar-refractivity contribution in [3.8, 4) is 6.07 Å². The van der Waals surface area contributed by atoms with E-state index in [9.17, 15) is 9.00 Å². The van der Waals surface area contributed by atoms with E-state index in [-0.39, 0.29) is 11.2 Å². The van der Waals surface area contributed by atoms with Crippen LogP contribution in [0.25, 0.3) is 0 Å². The summed E-state index contributed by atoms with van der Waals surface area (Å²) in [6.45, 7) is 3.82. The smallest absolute Gasteiger partial charge is 0.224 e. The van der Waals surface area contributed by atoms with Crippen molar-refractivity contribution in [3.05, 3.63) is 29.8 Å². The topological polar surface area (TPSA) is 70.0 Å². The molecule has 19 heavy (non-hydrogen) atoms. The Balaban J connectivity index is 2.35. The Kier molecular flexibility index (Phi) is 6.23. The molecule has 0 spiro atoms. The molecule has 1 amide bonds. The predicted molar refractivity (Wildman–Crippen MR) is 77.2 cm³/mol. The Morgan fingerprint density at radius 3 is 2.53 bits per heavy atom. The van der Waals surface area contributed by atoms with Crippen molar-refractivity contribution in [2.75, 3.05) is 11.1 Å². The van der Waals surface area contributed by atoms with Gasteiger partial charge in [0.2, 0.25) is 5.91 Å². The average Bonchev–Trinajstić information content (AvgIpc) is 2.39. The molecule has 0 heterocycles. The van der Waals surface area contributed by atoms with Crippen molar-refractivity contribution in [2.24, 2.45) is 0 Å². The third-order valence-electron chi connectivity index (χ3n) is 2.57. The first-order valence-electron chi connectivity index (χ1n) is 6.20. The number of hydrogen-bond donors (Lipinski definition) is 1. The van der Waals surface area contributed by atoms with E-state index in [1.807, 2.05) is 19.9 Å². The number of carbonyl (C=O) groups excluding carboxylic acids is 1. The number of nitrogens with one attached hydrogen (secondary N) is 1. The van der Waals surface area contributed by atoms with E-state index in [0.29, 0.717) is 29.8 Å². The number of hydrogen-bond acceptors (Lipinski definition) is 3. The van der Waals surface area contributed by atoms with Crippen LogP contribution in [0.4, 0.5) is 5.69 Å². The quantitative estimate of drug-likeness (QED) is 0.868. The molecule has 0 aliphatic rings. The van der Waals surface area contributed by atoms with Crippen LogP contribution in [0, 0.1) is 11.3 Å². The second-order valence-corrected chi connectivity index (χ2v) is 6.59. The molecule has 0 bridgehead atoms. The molecule has 1 N–H and O–H groups in total. The standard InChI is InChI=1S/C14H18N2O2S/c1-11(2)19(18)9-3-4-14(17)16-13-7-5-12(10-15)6-8-13/h5-8,11H,3-4,9H2,1-2H3,(H,16,17). The van der Waals surface area contributed by atoms with Gasteiger partial charge in [-0.3, -0.25) is 9.00 Å². The van der Waals surface area contributed by atoms with Crippen LogP contribution in [0.3, 0.4) is 0 Å². The zero-order valence-electron chi connectivity index (χ0n) is 11.2. The molecular formula is C14H18N2O2S. The second-order valence-electron chi connectivity index (χ2n) is 4.47. The van der Waals surface area contributed by atoms with Gasteiger partial charge in [-0.2, -0.15) is 5.26 Å². The fraction of sp³-hybridized carbons (Fsp3) is 0.429. The van der Waals surface area contributed by atoms with Crippen LogP contribution in [0.15, 0.2) is 24.3 Å². The predicted octanol–water partition coefficient (Wildman–Crippen LogP) is 2.43. The molecule has 0 aromatic heterocycles. The van der Waals surface area contributed by atoms with Gasteiger partial charge in [-0.05, 0) is 30.7 Å². The van der Waals surface area contributed by atoms with Crippen LogP contribution in [0.2, 0.25) is 0 Å². The van der Waals surface area contributed by atoms with Gasteiger partial charge in [-0.25, -0.2) is 0 Å². The van der Waals surface area contributed by atoms with E-state index in [4.69, 9.17) is 5.26 Å². The number of rotatable bonds is 6. The molecule has 1 rings (SSSR count). The lowest BCUT2D eigenvalue weighted by Gasteiger charge is -2.06. The van der Waals surface area contributed by atoms with Crippen molar-refractivity contribution >= 4 is 22.4 Å². The van der Waals surface area contributed by atoms with Crippen LogP contribution < -0.4 is 5.32 Å². The van der Waals surface area contributed by atoms with Crippen molar-refractivity contribution in [1.29, 1.82) is 5.26 Å². The monoisotopic (exact) mass is 278 g/mol. The Morgan fingerprint density at radius 2 is 2.00 bits per heavy atom. The van der Waals surface area contributed by atoms with Crippen molar-refractivity contribution in [1.82, 2.24) is 0 Å². The molecule has 0 aliphatic carbocycles. The molecule has 102 valence electrons. The fourth-order valence-corrected chi connectivity index (χ4v) is 2.36. The van der Waals surface area contributed by atoms with Gasteiger partial charge in [-0.15, -0.1) is 0 Å². The summed E-state index contributed by atoms with van der Waals surface area (Å²) >= 11 is 0. The highest BCUT2D eigenvalue weighted by molar-refractivity contribution is 7.85. The molecule has 1 atom stereocenters. The lowest BCUT2D eigenvalue weighted by Crippen LogP contribution is -2.14. The van der Waals surface area contributed by atoms with Crippen molar-refractivity contribution in [3.63, 3.8) is 0 Å². The molecule has 0 fully saturated rings. The highest BCUT2D eigenvalue weighted by atomic mass is 32.2. The minimum absolute atomic E-state index is 0.0922. The van der Waals surface area contributed by atoms with Crippen LogP contribution >= 0.6 is 0 Å². The first-order valence-corrected chi connectivity index (χ1v) is 7.58. The largest absolute Gasteiger partial charge is 0.326 e. The lowest BCUT2D eigenvalue weighted by atomic mass is 10.2. The minimum atomic E-state index is -0.855. The third-order valence-corrected chi connectivity index (χ3v) is 4.32. The van der Waals surface area contributed by atoms with Crippen molar-refractivity contribution < 1.29 is 9.00 Å². The molecule has 0 aliphatic heterocycles. The number of benzene rings is 1. The second kappa shape index (κ2) is 7.70. The van der Waals surface area contributed by atoms with Gasteiger partial charge >= 0.3 is 0 Å². The number of nitriles is 1. The Hall–Kier alpha value is -1.67. The number of carbonyl (C=O) groups is 1. The summed E-state index contributed by atoms with van der Waals surface area (Å²) in [7, 11) is -0.855. The van der Waals surface area contributed by atoms with Gasteiger partial charge in [0, 0.05) is 33.9 Å². The van der Waals surface area contributed by atoms with E-state index in [2.05, 4.69) is 5.32 Å². The normalized spacial score (nSPS) is 11.9. The first kappa shape index (κ1) is 15.4. The van der Waals surface area contributed by atoms with Gasteiger partial charge in [0.25, 0.3) is 0 Å². The Bertz CT molecular complexity index is 489. The summed E-state index contributed by atoms with van der Waals surface area (Å²) in [5, 5.41) is 11.5. The third kappa shape index (κ3) is 5.66. The summed E-state index contributed by atoms with van der Waals surface area (Å²) in [4.78, 5) is 11.6. The highest BCUT2D eigenvalue weighted by Crippen LogP contribution is 2.09. The molecule has 1 aromatic rings. The Morgan fingerprint density at radius 1 is 1.37 bits per heavy atom. The van der Waals surface area contributed by atoms with E-state index < -0.39 is 10.8 Å². The molecule has 1 aromatic carbocycles. The molecule has 0 saturated heterocycles. The number of amides is 1. The maximum absolute atomic E-state index is 11.6.